The number of aromatic nitrogens is 1. The minimum atomic E-state index is 0.187. The molecule has 4 nitrogen and oxygen atoms in total. The first-order valence-corrected chi connectivity index (χ1v) is 7.18. The number of nitrogens with zero attached hydrogens (tertiary/aromatic N) is 2. The maximum absolute atomic E-state index is 5.72. The largest absolute Gasteiger partial charge is 0.491 e. The predicted molar refractivity (Wildman–Crippen MR) is 88.1 cm³/mol. The average molecular weight is 285 g/mol. The van der Waals surface area contributed by atoms with E-state index in [-0.39, 0.29) is 6.10 Å². The van der Waals surface area contributed by atoms with E-state index in [2.05, 4.69) is 22.4 Å². The molecule has 0 unspecified atom stereocenters. The zero-order valence-corrected chi connectivity index (χ0v) is 13.1. The topological polar surface area (TPSA) is 37.4 Å². The maximum atomic E-state index is 5.72. The van der Waals surface area contributed by atoms with Crippen molar-refractivity contribution >= 4 is 11.5 Å². The van der Waals surface area contributed by atoms with Gasteiger partial charge in [0.25, 0.3) is 0 Å². The fourth-order valence-corrected chi connectivity index (χ4v) is 2.09. The van der Waals surface area contributed by atoms with Crippen molar-refractivity contribution in [1.82, 2.24) is 4.98 Å². The molecule has 0 aliphatic rings. The van der Waals surface area contributed by atoms with Gasteiger partial charge in [0.2, 0.25) is 0 Å². The van der Waals surface area contributed by atoms with E-state index >= 15 is 0 Å². The van der Waals surface area contributed by atoms with Gasteiger partial charge in [-0.2, -0.15) is 0 Å². The van der Waals surface area contributed by atoms with Gasteiger partial charge in [-0.25, -0.2) is 4.98 Å². The van der Waals surface area contributed by atoms with Crippen LogP contribution in [0.1, 0.15) is 19.4 Å². The van der Waals surface area contributed by atoms with Crippen molar-refractivity contribution in [1.29, 1.82) is 0 Å². The molecule has 0 amide bonds. The van der Waals surface area contributed by atoms with E-state index in [4.69, 9.17) is 4.74 Å². The van der Waals surface area contributed by atoms with Crippen LogP contribution in [0.25, 0.3) is 0 Å². The van der Waals surface area contributed by atoms with Crippen LogP contribution in [0.4, 0.5) is 11.5 Å². The van der Waals surface area contributed by atoms with E-state index in [9.17, 15) is 0 Å². The van der Waals surface area contributed by atoms with Gasteiger partial charge in [0.15, 0.2) is 5.82 Å². The van der Waals surface area contributed by atoms with Gasteiger partial charge >= 0.3 is 0 Å². The fourth-order valence-electron chi connectivity index (χ4n) is 2.09. The first-order valence-electron chi connectivity index (χ1n) is 7.18. The molecular formula is C17H23N3O. The van der Waals surface area contributed by atoms with Gasteiger partial charge in [0, 0.05) is 26.8 Å². The molecule has 1 aromatic heterocycles. The Kier molecular flexibility index (Phi) is 5.04. The number of hydrogen-bond acceptors (Lipinski definition) is 4. The standard InChI is InChI=1S/C17H23N3O/c1-13(2)21-15-8-5-7-14(11-15)12-19-16-9-6-10-18-17(16)20(3)4/h5-11,13,19H,12H2,1-4H3. The van der Waals surface area contributed by atoms with Crippen molar-refractivity contribution in [3.05, 3.63) is 48.2 Å². The molecule has 112 valence electrons. The lowest BCUT2D eigenvalue weighted by molar-refractivity contribution is 0.242. The second-order valence-electron chi connectivity index (χ2n) is 5.44. The second-order valence-corrected chi connectivity index (χ2v) is 5.44. The number of nitrogens with one attached hydrogen (secondary N) is 1. The summed E-state index contributed by atoms with van der Waals surface area (Å²) < 4.78 is 5.72. The highest BCUT2D eigenvalue weighted by Gasteiger charge is 2.05. The molecule has 0 saturated carbocycles. The lowest BCUT2D eigenvalue weighted by Crippen LogP contribution is -2.13. The van der Waals surface area contributed by atoms with E-state index in [1.165, 1.54) is 5.56 Å². The van der Waals surface area contributed by atoms with Gasteiger partial charge in [-0.15, -0.1) is 0 Å². The third-order valence-corrected chi connectivity index (χ3v) is 2.96. The first-order chi connectivity index (χ1) is 10.1. The number of anilines is 2. The van der Waals surface area contributed by atoms with Crippen molar-refractivity contribution < 1.29 is 4.74 Å². The number of ether oxygens (including phenoxy) is 1. The Morgan fingerprint density at radius 3 is 2.71 bits per heavy atom. The Bertz CT molecular complexity index is 582. The first kappa shape index (κ1) is 15.2. The Morgan fingerprint density at radius 2 is 2.00 bits per heavy atom. The van der Waals surface area contributed by atoms with E-state index in [0.29, 0.717) is 0 Å². The number of rotatable bonds is 6. The van der Waals surface area contributed by atoms with Crippen LogP contribution in [-0.2, 0) is 6.54 Å². The van der Waals surface area contributed by atoms with Gasteiger partial charge in [-0.3, -0.25) is 0 Å². The Balaban J connectivity index is 2.06. The van der Waals surface area contributed by atoms with Gasteiger partial charge in [0.1, 0.15) is 5.75 Å². The Hall–Kier alpha value is -2.23. The molecule has 1 heterocycles. The van der Waals surface area contributed by atoms with Gasteiger partial charge in [0.05, 0.1) is 11.8 Å². The normalized spacial score (nSPS) is 10.5. The molecular weight excluding hydrogens is 262 g/mol. The summed E-state index contributed by atoms with van der Waals surface area (Å²) in [4.78, 5) is 6.39. The Labute approximate surface area is 126 Å². The molecule has 0 bridgehead atoms. The number of benzene rings is 1. The van der Waals surface area contributed by atoms with Crippen LogP contribution in [0, 0.1) is 0 Å². The molecule has 0 atom stereocenters. The predicted octanol–water partition coefficient (Wildman–Crippen LogP) is 3.55. The van der Waals surface area contributed by atoms with E-state index in [1.807, 2.05) is 57.1 Å². The summed E-state index contributed by atoms with van der Waals surface area (Å²) in [5.41, 5.74) is 2.21. The molecule has 1 aromatic carbocycles. The SMILES string of the molecule is CC(C)Oc1cccc(CNc2cccnc2N(C)C)c1. The lowest BCUT2D eigenvalue weighted by atomic mass is 10.2. The zero-order valence-electron chi connectivity index (χ0n) is 13.1. The van der Waals surface area contributed by atoms with Crippen LogP contribution in [0.5, 0.6) is 5.75 Å². The minimum absolute atomic E-state index is 0.187. The summed E-state index contributed by atoms with van der Waals surface area (Å²) in [6.45, 7) is 4.80. The molecule has 0 saturated heterocycles. The number of hydrogen-bond donors (Lipinski definition) is 1. The molecule has 0 aliphatic heterocycles. The van der Waals surface area contributed by atoms with Gasteiger partial charge < -0.3 is 15.0 Å². The molecule has 4 heteroatoms. The Morgan fingerprint density at radius 1 is 1.19 bits per heavy atom. The summed E-state index contributed by atoms with van der Waals surface area (Å²) in [5, 5.41) is 3.43. The van der Waals surface area contributed by atoms with Crippen molar-refractivity contribution in [2.24, 2.45) is 0 Å². The summed E-state index contributed by atoms with van der Waals surface area (Å²) in [5.74, 6) is 1.84. The van der Waals surface area contributed by atoms with E-state index < -0.39 is 0 Å². The molecule has 2 aromatic rings. The molecule has 2 rings (SSSR count). The third-order valence-electron chi connectivity index (χ3n) is 2.96. The van der Waals surface area contributed by atoms with Crippen LogP contribution in [0.15, 0.2) is 42.6 Å². The molecule has 1 N–H and O–H groups in total. The number of pyridine rings is 1. The van der Waals surface area contributed by atoms with Gasteiger partial charge in [-0.05, 0) is 43.7 Å². The average Bonchev–Trinajstić information content (AvgIpc) is 2.45. The van der Waals surface area contributed by atoms with E-state index in [1.54, 1.807) is 6.20 Å². The van der Waals surface area contributed by atoms with E-state index in [0.717, 1.165) is 23.8 Å². The highest BCUT2D eigenvalue weighted by Crippen LogP contribution is 2.22. The van der Waals surface area contributed by atoms with Crippen molar-refractivity contribution in [3.63, 3.8) is 0 Å². The molecule has 0 spiro atoms. The van der Waals surface area contributed by atoms with Crippen LogP contribution in [-0.4, -0.2) is 25.2 Å². The molecule has 0 radical (unpaired) electrons. The van der Waals surface area contributed by atoms with Crippen molar-refractivity contribution in [2.45, 2.75) is 26.5 Å². The summed E-state index contributed by atoms with van der Waals surface area (Å²) >= 11 is 0. The fraction of sp³-hybridized carbons (Fsp3) is 0.353. The smallest absolute Gasteiger partial charge is 0.151 e. The van der Waals surface area contributed by atoms with Crippen LogP contribution >= 0.6 is 0 Å². The summed E-state index contributed by atoms with van der Waals surface area (Å²) in [7, 11) is 3.98. The molecule has 21 heavy (non-hydrogen) atoms. The monoisotopic (exact) mass is 285 g/mol. The van der Waals surface area contributed by atoms with Crippen molar-refractivity contribution in [2.75, 3.05) is 24.3 Å². The second kappa shape index (κ2) is 6.97. The highest BCUT2D eigenvalue weighted by atomic mass is 16.5. The molecule has 0 aliphatic carbocycles. The quantitative estimate of drug-likeness (QED) is 0.881. The van der Waals surface area contributed by atoms with Crippen molar-refractivity contribution in [3.8, 4) is 5.75 Å². The zero-order chi connectivity index (χ0) is 15.2. The minimum Gasteiger partial charge on any atom is -0.491 e. The van der Waals surface area contributed by atoms with Crippen LogP contribution in [0.2, 0.25) is 0 Å². The third kappa shape index (κ3) is 4.38. The summed E-state index contributed by atoms with van der Waals surface area (Å²) in [6.07, 6.45) is 1.99. The maximum Gasteiger partial charge on any atom is 0.151 e. The molecule has 0 fully saturated rings. The lowest BCUT2D eigenvalue weighted by Gasteiger charge is -2.17. The van der Waals surface area contributed by atoms with Crippen LogP contribution < -0.4 is 15.0 Å². The van der Waals surface area contributed by atoms with Gasteiger partial charge in [-0.1, -0.05) is 12.1 Å². The summed E-state index contributed by atoms with van der Waals surface area (Å²) in [6, 6.07) is 12.1. The van der Waals surface area contributed by atoms with Crippen LogP contribution in [0.3, 0.4) is 0 Å². The highest BCUT2D eigenvalue weighted by molar-refractivity contribution is 5.64.